The van der Waals surface area contributed by atoms with E-state index < -0.39 is 0 Å². The van der Waals surface area contributed by atoms with Crippen LogP contribution in [-0.4, -0.2) is 26.2 Å². The minimum Gasteiger partial charge on any atom is -0.382 e. The summed E-state index contributed by atoms with van der Waals surface area (Å²) < 4.78 is 1.76. The molecule has 3 unspecified atom stereocenters. The number of tetrazole rings is 1. The smallest absolute Gasteiger partial charge is 0.153 e. The quantitative estimate of drug-likeness (QED) is 0.941. The van der Waals surface area contributed by atoms with Crippen molar-refractivity contribution in [1.82, 2.24) is 20.2 Å². The normalized spacial score (nSPS) is 25.8. The molecule has 5 heteroatoms. The van der Waals surface area contributed by atoms with Crippen molar-refractivity contribution in [3.63, 3.8) is 0 Å². The molecule has 1 aromatic carbocycles. The number of rotatable bonds is 3. The summed E-state index contributed by atoms with van der Waals surface area (Å²) >= 11 is 0. The van der Waals surface area contributed by atoms with E-state index in [9.17, 15) is 0 Å². The lowest BCUT2D eigenvalue weighted by Crippen LogP contribution is -2.33. The minimum absolute atomic E-state index is 0.561. The van der Waals surface area contributed by atoms with Gasteiger partial charge in [-0.15, -0.1) is 5.10 Å². The van der Waals surface area contributed by atoms with E-state index in [1.807, 2.05) is 13.0 Å². The average molecular weight is 285 g/mol. The highest BCUT2D eigenvalue weighted by Gasteiger charge is 2.25. The third-order valence-corrected chi connectivity index (χ3v) is 4.50. The van der Waals surface area contributed by atoms with Gasteiger partial charge < -0.3 is 5.32 Å². The first-order valence-electron chi connectivity index (χ1n) is 7.75. The number of aromatic nitrogens is 4. The number of aryl methyl sites for hydroxylation is 1. The summed E-state index contributed by atoms with van der Waals surface area (Å²) in [5.41, 5.74) is 2.15. The van der Waals surface area contributed by atoms with Gasteiger partial charge in [0.1, 0.15) is 0 Å². The van der Waals surface area contributed by atoms with Crippen LogP contribution in [0.15, 0.2) is 24.3 Å². The second kappa shape index (κ2) is 5.84. The molecule has 0 saturated heterocycles. The summed E-state index contributed by atoms with van der Waals surface area (Å²) in [7, 11) is 0. The molecule has 2 aromatic rings. The van der Waals surface area contributed by atoms with Crippen LogP contribution in [0, 0.1) is 18.8 Å². The molecule has 1 N–H and O–H groups in total. The number of anilines is 1. The van der Waals surface area contributed by atoms with E-state index in [1.54, 1.807) is 4.68 Å². The maximum absolute atomic E-state index is 4.03. The van der Waals surface area contributed by atoms with Gasteiger partial charge in [0.15, 0.2) is 5.82 Å². The Morgan fingerprint density at radius 1 is 1.24 bits per heavy atom. The molecule has 1 aliphatic carbocycles. The third-order valence-electron chi connectivity index (χ3n) is 4.50. The molecule has 1 saturated carbocycles. The molecule has 1 aromatic heterocycles. The fourth-order valence-electron chi connectivity index (χ4n) is 3.29. The Balaban J connectivity index is 1.76. The van der Waals surface area contributed by atoms with Crippen molar-refractivity contribution in [2.45, 2.75) is 46.1 Å². The SMILES string of the molecule is Cc1nnnn1-c1cccc(NC2CCC(C)CC2C)c1. The second-order valence-corrected chi connectivity index (χ2v) is 6.33. The Labute approximate surface area is 125 Å². The molecule has 1 fully saturated rings. The fourth-order valence-corrected chi connectivity index (χ4v) is 3.29. The molecule has 112 valence electrons. The molecule has 0 aliphatic heterocycles. The highest BCUT2D eigenvalue weighted by Crippen LogP contribution is 2.31. The van der Waals surface area contributed by atoms with Crippen LogP contribution in [0.2, 0.25) is 0 Å². The van der Waals surface area contributed by atoms with Gasteiger partial charge in [-0.05, 0) is 66.6 Å². The third kappa shape index (κ3) is 3.06. The molecule has 0 bridgehead atoms. The number of benzene rings is 1. The topological polar surface area (TPSA) is 55.6 Å². The zero-order valence-electron chi connectivity index (χ0n) is 13.0. The van der Waals surface area contributed by atoms with Gasteiger partial charge in [-0.3, -0.25) is 0 Å². The van der Waals surface area contributed by atoms with Crippen LogP contribution in [-0.2, 0) is 0 Å². The van der Waals surface area contributed by atoms with Gasteiger partial charge in [0.05, 0.1) is 5.69 Å². The lowest BCUT2D eigenvalue weighted by atomic mass is 9.80. The summed E-state index contributed by atoms with van der Waals surface area (Å²) in [6.45, 7) is 6.61. The van der Waals surface area contributed by atoms with E-state index in [0.29, 0.717) is 12.0 Å². The van der Waals surface area contributed by atoms with Crippen molar-refractivity contribution in [3.8, 4) is 5.69 Å². The number of hydrogen-bond acceptors (Lipinski definition) is 4. The van der Waals surface area contributed by atoms with Crippen LogP contribution in [0.3, 0.4) is 0 Å². The Hall–Kier alpha value is -1.91. The lowest BCUT2D eigenvalue weighted by Gasteiger charge is -2.33. The number of nitrogens with one attached hydrogen (secondary N) is 1. The lowest BCUT2D eigenvalue weighted by molar-refractivity contribution is 0.276. The molecule has 0 spiro atoms. The molecular formula is C16H23N5. The van der Waals surface area contributed by atoms with Gasteiger partial charge in [-0.25, -0.2) is 0 Å². The van der Waals surface area contributed by atoms with Crippen LogP contribution >= 0.6 is 0 Å². The highest BCUT2D eigenvalue weighted by atomic mass is 15.5. The van der Waals surface area contributed by atoms with Crippen molar-refractivity contribution in [1.29, 1.82) is 0 Å². The van der Waals surface area contributed by atoms with E-state index in [-0.39, 0.29) is 0 Å². The molecular weight excluding hydrogens is 262 g/mol. The Bertz CT molecular complexity index is 606. The monoisotopic (exact) mass is 285 g/mol. The summed E-state index contributed by atoms with van der Waals surface area (Å²) in [4.78, 5) is 0. The first-order valence-corrected chi connectivity index (χ1v) is 7.75. The van der Waals surface area contributed by atoms with Crippen molar-refractivity contribution >= 4 is 5.69 Å². The molecule has 1 heterocycles. The van der Waals surface area contributed by atoms with Crippen molar-refractivity contribution in [2.24, 2.45) is 11.8 Å². The molecule has 0 radical (unpaired) electrons. The first-order chi connectivity index (χ1) is 10.1. The van der Waals surface area contributed by atoms with E-state index in [2.05, 4.69) is 52.9 Å². The predicted octanol–water partition coefficient (Wildman–Crippen LogP) is 3.21. The summed E-state index contributed by atoms with van der Waals surface area (Å²) in [6, 6.07) is 8.88. The maximum atomic E-state index is 4.03. The van der Waals surface area contributed by atoms with Crippen LogP contribution in [0.1, 0.15) is 38.9 Å². The summed E-state index contributed by atoms with van der Waals surface area (Å²) in [6.07, 6.45) is 3.87. The molecule has 1 aliphatic rings. The van der Waals surface area contributed by atoms with E-state index in [4.69, 9.17) is 0 Å². The standard InChI is InChI=1S/C16H23N5/c1-11-7-8-16(12(2)9-11)17-14-5-4-6-15(10-14)21-13(3)18-19-20-21/h4-6,10-12,16-17H,7-9H2,1-3H3. The van der Waals surface area contributed by atoms with Gasteiger partial charge in [0.25, 0.3) is 0 Å². The highest BCUT2D eigenvalue weighted by molar-refractivity contribution is 5.51. The first kappa shape index (κ1) is 14.0. The summed E-state index contributed by atoms with van der Waals surface area (Å²) in [5.74, 6) is 2.37. The van der Waals surface area contributed by atoms with E-state index in [1.165, 1.54) is 19.3 Å². The Morgan fingerprint density at radius 3 is 2.81 bits per heavy atom. The van der Waals surface area contributed by atoms with Crippen molar-refractivity contribution in [2.75, 3.05) is 5.32 Å². The largest absolute Gasteiger partial charge is 0.382 e. The zero-order chi connectivity index (χ0) is 14.8. The number of nitrogens with zero attached hydrogens (tertiary/aromatic N) is 4. The Kier molecular flexibility index (Phi) is 3.90. The second-order valence-electron chi connectivity index (χ2n) is 6.33. The number of hydrogen-bond donors (Lipinski definition) is 1. The fraction of sp³-hybridized carbons (Fsp3) is 0.562. The van der Waals surface area contributed by atoms with Gasteiger partial charge in [-0.1, -0.05) is 19.9 Å². The van der Waals surface area contributed by atoms with Gasteiger partial charge in [-0.2, -0.15) is 4.68 Å². The minimum atomic E-state index is 0.561. The maximum Gasteiger partial charge on any atom is 0.153 e. The van der Waals surface area contributed by atoms with Crippen LogP contribution < -0.4 is 5.32 Å². The van der Waals surface area contributed by atoms with E-state index in [0.717, 1.165) is 23.1 Å². The molecule has 3 atom stereocenters. The molecule has 3 rings (SSSR count). The molecule has 0 amide bonds. The zero-order valence-corrected chi connectivity index (χ0v) is 13.0. The summed E-state index contributed by atoms with van der Waals surface area (Å²) in [5, 5.41) is 15.4. The van der Waals surface area contributed by atoms with Gasteiger partial charge in [0.2, 0.25) is 0 Å². The van der Waals surface area contributed by atoms with E-state index >= 15 is 0 Å². The van der Waals surface area contributed by atoms with Crippen molar-refractivity contribution in [3.05, 3.63) is 30.1 Å². The van der Waals surface area contributed by atoms with Crippen LogP contribution in [0.5, 0.6) is 0 Å². The molecule has 5 nitrogen and oxygen atoms in total. The van der Waals surface area contributed by atoms with Crippen LogP contribution in [0.4, 0.5) is 5.69 Å². The average Bonchev–Trinajstić information content (AvgIpc) is 2.89. The van der Waals surface area contributed by atoms with Crippen molar-refractivity contribution < 1.29 is 0 Å². The van der Waals surface area contributed by atoms with Crippen LogP contribution in [0.25, 0.3) is 5.69 Å². The molecule has 21 heavy (non-hydrogen) atoms. The Morgan fingerprint density at radius 2 is 2.10 bits per heavy atom. The van der Waals surface area contributed by atoms with Gasteiger partial charge >= 0.3 is 0 Å². The van der Waals surface area contributed by atoms with Gasteiger partial charge in [0, 0.05) is 11.7 Å². The predicted molar refractivity (Wildman–Crippen MR) is 83.5 cm³/mol.